The van der Waals surface area contributed by atoms with Crippen molar-refractivity contribution in [2.24, 2.45) is 11.8 Å². The number of carbonyl (C=O) groups excluding carboxylic acids is 3. The molecular weight excluding hydrogens is 355 g/mol. The number of likely N-dealkylation sites (tertiary alicyclic amines) is 1. The fourth-order valence-electron chi connectivity index (χ4n) is 3.53. The maximum Gasteiger partial charge on any atom is 0.469 e. The molecule has 0 saturated carbocycles. The summed E-state index contributed by atoms with van der Waals surface area (Å²) >= 11 is 0. The first-order chi connectivity index (χ1) is 11.7. The number of hydrogen-bond donors (Lipinski definition) is 3. The summed E-state index contributed by atoms with van der Waals surface area (Å²) in [5.41, 5.74) is -1.11. The second-order valence-electron chi connectivity index (χ2n) is 5.97. The van der Waals surface area contributed by atoms with Crippen LogP contribution in [-0.2, 0) is 28.2 Å². The lowest BCUT2D eigenvalue weighted by molar-refractivity contribution is -0.145. The first-order valence-corrected chi connectivity index (χ1v) is 9.04. The minimum absolute atomic E-state index is 0.0118. The topological polar surface area (TPSA) is 142 Å². The van der Waals surface area contributed by atoms with Gasteiger partial charge in [0.2, 0.25) is 17.7 Å². The van der Waals surface area contributed by atoms with E-state index >= 15 is 0 Å². The highest BCUT2D eigenvalue weighted by atomic mass is 31.2. The summed E-state index contributed by atoms with van der Waals surface area (Å²) in [6, 6.07) is 0. The summed E-state index contributed by atoms with van der Waals surface area (Å²) in [4.78, 5) is 54.9. The van der Waals surface area contributed by atoms with Gasteiger partial charge in [-0.2, -0.15) is 0 Å². The standard InChI is InChI=1S/C14H17N2O8P/c1-2-9(17)15-7-14-4-3-8(24-14)10-11(14)13(19)16(12(10)18)5-6-23-25(20,21)22/h2-4,8,10-11H,1,5-7H2,(H,15,17)(H2,20,21,22). The summed E-state index contributed by atoms with van der Waals surface area (Å²) in [5, 5.41) is 2.58. The molecule has 2 fully saturated rings. The Hall–Kier alpha value is -1.84. The third-order valence-corrected chi connectivity index (χ3v) is 5.06. The molecule has 3 aliphatic heterocycles. The van der Waals surface area contributed by atoms with Crippen LogP contribution in [0.3, 0.4) is 0 Å². The van der Waals surface area contributed by atoms with Gasteiger partial charge in [0.05, 0.1) is 37.6 Å². The predicted molar refractivity (Wildman–Crippen MR) is 81.6 cm³/mol. The van der Waals surface area contributed by atoms with Gasteiger partial charge < -0.3 is 19.8 Å². The highest BCUT2D eigenvalue weighted by molar-refractivity contribution is 7.46. The van der Waals surface area contributed by atoms with Crippen molar-refractivity contribution >= 4 is 25.5 Å². The van der Waals surface area contributed by atoms with E-state index in [1.165, 1.54) is 0 Å². The number of imide groups is 1. The normalized spacial score (nSPS) is 33.0. The van der Waals surface area contributed by atoms with Crippen LogP contribution in [0.15, 0.2) is 24.8 Å². The van der Waals surface area contributed by atoms with Gasteiger partial charge in [-0.15, -0.1) is 0 Å². The number of phosphoric acid groups is 1. The minimum Gasteiger partial charge on any atom is -0.360 e. The number of rotatable bonds is 7. The number of nitrogens with one attached hydrogen (secondary N) is 1. The van der Waals surface area contributed by atoms with E-state index in [9.17, 15) is 18.9 Å². The number of fused-ring (bicyclic) bond motifs is 5. The number of nitrogens with zero attached hydrogens (tertiary/aromatic N) is 1. The van der Waals surface area contributed by atoms with Crippen molar-refractivity contribution in [2.75, 3.05) is 19.7 Å². The van der Waals surface area contributed by atoms with Gasteiger partial charge in [-0.25, -0.2) is 4.57 Å². The van der Waals surface area contributed by atoms with Gasteiger partial charge in [0, 0.05) is 0 Å². The van der Waals surface area contributed by atoms with Gasteiger partial charge in [-0.05, 0) is 6.08 Å². The smallest absolute Gasteiger partial charge is 0.360 e. The molecule has 0 aliphatic carbocycles. The molecule has 136 valence electrons. The van der Waals surface area contributed by atoms with Gasteiger partial charge in [0.1, 0.15) is 5.60 Å². The summed E-state index contributed by atoms with van der Waals surface area (Å²) in [6.45, 7) is 2.62. The van der Waals surface area contributed by atoms with E-state index in [1.54, 1.807) is 12.2 Å². The summed E-state index contributed by atoms with van der Waals surface area (Å²) in [7, 11) is -4.68. The van der Waals surface area contributed by atoms with E-state index in [-0.39, 0.29) is 13.1 Å². The summed E-state index contributed by atoms with van der Waals surface area (Å²) in [6.07, 6.45) is 3.87. The van der Waals surface area contributed by atoms with Crippen molar-refractivity contribution in [1.82, 2.24) is 10.2 Å². The van der Waals surface area contributed by atoms with Gasteiger partial charge in [0.15, 0.2) is 0 Å². The van der Waals surface area contributed by atoms with Crippen LogP contribution >= 0.6 is 7.82 Å². The van der Waals surface area contributed by atoms with E-state index in [1.807, 2.05) is 0 Å². The largest absolute Gasteiger partial charge is 0.469 e. The van der Waals surface area contributed by atoms with Gasteiger partial charge in [-0.1, -0.05) is 18.7 Å². The van der Waals surface area contributed by atoms with E-state index in [2.05, 4.69) is 16.4 Å². The molecule has 3 amide bonds. The van der Waals surface area contributed by atoms with E-state index in [0.717, 1.165) is 11.0 Å². The van der Waals surface area contributed by atoms with Crippen molar-refractivity contribution in [2.45, 2.75) is 11.7 Å². The Labute approximate surface area is 142 Å². The molecule has 4 atom stereocenters. The second-order valence-corrected chi connectivity index (χ2v) is 7.21. The number of carbonyl (C=O) groups is 3. The summed E-state index contributed by atoms with van der Waals surface area (Å²) in [5.74, 6) is -2.93. The van der Waals surface area contributed by atoms with Crippen LogP contribution in [0, 0.1) is 11.8 Å². The van der Waals surface area contributed by atoms with E-state index in [0.29, 0.717) is 0 Å². The van der Waals surface area contributed by atoms with Gasteiger partial charge >= 0.3 is 7.82 Å². The fourth-order valence-corrected chi connectivity index (χ4v) is 3.85. The number of amides is 3. The number of hydrogen-bond acceptors (Lipinski definition) is 6. The molecule has 0 aromatic rings. The van der Waals surface area contributed by atoms with Crippen LogP contribution in [0.1, 0.15) is 0 Å². The minimum atomic E-state index is -4.68. The molecule has 2 saturated heterocycles. The molecule has 0 spiro atoms. The molecule has 0 aromatic carbocycles. The maximum atomic E-state index is 12.7. The van der Waals surface area contributed by atoms with Gasteiger partial charge in [-0.3, -0.25) is 23.8 Å². The molecule has 25 heavy (non-hydrogen) atoms. The zero-order chi connectivity index (χ0) is 18.4. The van der Waals surface area contributed by atoms with Crippen LogP contribution in [0.2, 0.25) is 0 Å². The Balaban J connectivity index is 1.74. The molecular formula is C14H17N2O8P. The molecule has 0 aromatic heterocycles. The second kappa shape index (κ2) is 6.15. The highest BCUT2D eigenvalue weighted by Crippen LogP contribution is 2.51. The molecule has 3 aliphatic rings. The summed E-state index contributed by atoms with van der Waals surface area (Å²) < 4.78 is 20.8. The van der Waals surface area contributed by atoms with Crippen LogP contribution < -0.4 is 5.32 Å². The van der Waals surface area contributed by atoms with Crippen molar-refractivity contribution in [3.05, 3.63) is 24.8 Å². The first kappa shape index (κ1) is 18.0. The quantitative estimate of drug-likeness (QED) is 0.217. The SMILES string of the molecule is C=CC(=O)NCC12C=CC(O1)C1C(=O)N(CCOP(=O)(O)O)C(=O)C12. The molecule has 3 heterocycles. The Morgan fingerprint density at radius 2 is 2.20 bits per heavy atom. The molecule has 10 nitrogen and oxygen atoms in total. The first-order valence-electron chi connectivity index (χ1n) is 7.51. The molecule has 11 heteroatoms. The zero-order valence-electron chi connectivity index (χ0n) is 13.0. The third kappa shape index (κ3) is 3.07. The van der Waals surface area contributed by atoms with Crippen molar-refractivity contribution in [1.29, 1.82) is 0 Å². The van der Waals surface area contributed by atoms with Crippen molar-refractivity contribution in [3.8, 4) is 0 Å². The highest BCUT2D eigenvalue weighted by Gasteiger charge is 2.67. The lowest BCUT2D eigenvalue weighted by atomic mass is 9.77. The van der Waals surface area contributed by atoms with E-state index < -0.39 is 55.7 Å². The monoisotopic (exact) mass is 372 g/mol. The Morgan fingerprint density at radius 3 is 2.84 bits per heavy atom. The van der Waals surface area contributed by atoms with Gasteiger partial charge in [0.25, 0.3) is 0 Å². The molecule has 3 rings (SSSR count). The van der Waals surface area contributed by atoms with Crippen LogP contribution in [-0.4, -0.2) is 63.8 Å². The fraction of sp³-hybridized carbons (Fsp3) is 0.500. The van der Waals surface area contributed by atoms with E-state index in [4.69, 9.17) is 14.5 Å². The van der Waals surface area contributed by atoms with Crippen LogP contribution in [0.25, 0.3) is 0 Å². The molecule has 0 radical (unpaired) electrons. The zero-order valence-corrected chi connectivity index (χ0v) is 13.9. The Morgan fingerprint density at radius 1 is 1.48 bits per heavy atom. The average molecular weight is 372 g/mol. The number of ether oxygens (including phenoxy) is 1. The lowest BCUT2D eigenvalue weighted by Crippen LogP contribution is -2.48. The third-order valence-electron chi connectivity index (χ3n) is 4.54. The molecule has 2 bridgehead atoms. The van der Waals surface area contributed by atoms with Crippen molar-refractivity contribution < 1.29 is 38.0 Å². The Kier molecular flexibility index (Phi) is 4.42. The predicted octanol–water partition coefficient (Wildman–Crippen LogP) is -1.29. The number of phosphoric ester groups is 1. The van der Waals surface area contributed by atoms with Crippen LogP contribution in [0.4, 0.5) is 0 Å². The maximum absolute atomic E-state index is 12.7. The van der Waals surface area contributed by atoms with Crippen molar-refractivity contribution in [3.63, 3.8) is 0 Å². The lowest BCUT2D eigenvalue weighted by Gasteiger charge is -2.28. The molecule has 3 N–H and O–H groups in total. The van der Waals surface area contributed by atoms with Crippen LogP contribution in [0.5, 0.6) is 0 Å². The molecule has 4 unspecified atom stereocenters. The Bertz CT molecular complexity index is 716. The average Bonchev–Trinajstić information content (AvgIpc) is 3.17.